The van der Waals surface area contributed by atoms with Crippen LogP contribution >= 0.6 is 0 Å². The van der Waals surface area contributed by atoms with Gasteiger partial charge in [-0.05, 0) is 62.4 Å². The molecule has 3 aliphatic heterocycles. The molecule has 214 valence electrons. The predicted molar refractivity (Wildman–Crippen MR) is 131 cm³/mol. The first-order chi connectivity index (χ1) is 17.8. The zero-order valence-electron chi connectivity index (χ0n) is 21.9. The lowest BCUT2D eigenvalue weighted by Crippen LogP contribution is -2.49. The number of hydrogen-bond donors (Lipinski definition) is 0. The minimum atomic E-state index is -4.63. The van der Waals surface area contributed by atoms with Crippen molar-refractivity contribution in [3.63, 3.8) is 0 Å². The molecule has 0 N–H and O–H groups in total. The van der Waals surface area contributed by atoms with Gasteiger partial charge in [0, 0.05) is 58.0 Å². The fourth-order valence-corrected chi connectivity index (χ4v) is 5.72. The average Bonchev–Trinajstić information content (AvgIpc) is 3.26. The first-order valence-electron chi connectivity index (χ1n) is 13.2. The van der Waals surface area contributed by atoms with Crippen molar-refractivity contribution in [2.24, 2.45) is 5.41 Å². The largest absolute Gasteiger partial charge is 0.437 e. The Kier molecular flexibility index (Phi) is 8.42. The van der Waals surface area contributed by atoms with E-state index in [1.54, 1.807) is 0 Å². The normalized spacial score (nSPS) is 22.2. The predicted octanol–water partition coefficient (Wildman–Crippen LogP) is 5.22. The number of carbonyl (C=O) groups is 1. The summed E-state index contributed by atoms with van der Waals surface area (Å²) in [5.74, 6) is 0. The van der Waals surface area contributed by atoms with Crippen LogP contribution in [0.1, 0.15) is 44.2 Å². The van der Waals surface area contributed by atoms with E-state index in [4.69, 9.17) is 0 Å². The van der Waals surface area contributed by atoms with Gasteiger partial charge in [-0.2, -0.15) is 26.3 Å². The first-order valence-corrected chi connectivity index (χ1v) is 13.2. The molecule has 0 bridgehead atoms. The molecule has 0 radical (unpaired) electrons. The Morgan fingerprint density at radius 1 is 0.947 bits per heavy atom. The quantitative estimate of drug-likeness (QED) is 0.470. The van der Waals surface area contributed by atoms with Crippen molar-refractivity contribution >= 4 is 11.8 Å². The van der Waals surface area contributed by atoms with Crippen molar-refractivity contribution in [2.45, 2.75) is 58.1 Å². The molecule has 1 atom stereocenters. The standard InChI is InChI=1S/C26H36F6N4O2/c1-3-33-9-6-24(18-33)7-10-35(11-8-24)22-16-21(26(30,31)32)5-4-20(22)17-34-12-14-36(15-13-34)23(37)38-19(2)25(27,28)29/h4-5,16,19H,3,6-15,17-18H2,1-2H3. The molecular formula is C26H36F6N4O2. The fraction of sp³-hybridized carbons (Fsp3) is 0.731. The highest BCUT2D eigenvalue weighted by Gasteiger charge is 2.42. The molecule has 12 heteroatoms. The SMILES string of the molecule is CCN1CCC2(CCN(c3cc(C(F)(F)F)ccc3CN3CCN(C(=O)OC(C)C(F)(F)F)CC3)CC2)C1. The van der Waals surface area contributed by atoms with E-state index in [2.05, 4.69) is 21.5 Å². The summed E-state index contributed by atoms with van der Waals surface area (Å²) in [6.45, 7) is 8.96. The molecule has 38 heavy (non-hydrogen) atoms. The summed E-state index contributed by atoms with van der Waals surface area (Å²) < 4.78 is 83.4. The molecule has 3 heterocycles. The highest BCUT2D eigenvalue weighted by atomic mass is 19.4. The van der Waals surface area contributed by atoms with Crippen LogP contribution in [0.2, 0.25) is 0 Å². The van der Waals surface area contributed by atoms with Gasteiger partial charge in [-0.15, -0.1) is 0 Å². The number of hydrogen-bond acceptors (Lipinski definition) is 5. The molecule has 1 aromatic rings. The molecule has 1 amide bonds. The number of rotatable bonds is 5. The van der Waals surface area contributed by atoms with E-state index in [-0.39, 0.29) is 18.5 Å². The van der Waals surface area contributed by atoms with Crippen molar-refractivity contribution in [1.29, 1.82) is 0 Å². The lowest BCUT2D eigenvalue weighted by molar-refractivity contribution is -0.200. The van der Waals surface area contributed by atoms with Crippen LogP contribution < -0.4 is 4.90 Å². The molecule has 1 spiro atoms. The van der Waals surface area contributed by atoms with Gasteiger partial charge in [0.05, 0.1) is 5.56 Å². The van der Waals surface area contributed by atoms with Crippen LogP contribution in [-0.2, 0) is 17.5 Å². The molecule has 3 aliphatic rings. The molecule has 6 nitrogen and oxygen atoms in total. The van der Waals surface area contributed by atoms with Crippen LogP contribution in [0.25, 0.3) is 0 Å². The second-order valence-electron chi connectivity index (χ2n) is 10.8. The van der Waals surface area contributed by atoms with Crippen LogP contribution in [0.15, 0.2) is 18.2 Å². The summed E-state index contributed by atoms with van der Waals surface area (Å²) in [6, 6.07) is 3.88. The van der Waals surface area contributed by atoms with Gasteiger partial charge in [0.25, 0.3) is 0 Å². The maximum Gasteiger partial charge on any atom is 0.425 e. The Morgan fingerprint density at radius 3 is 2.13 bits per heavy atom. The minimum absolute atomic E-state index is 0.180. The van der Waals surface area contributed by atoms with Crippen LogP contribution in [0.4, 0.5) is 36.8 Å². The Balaban J connectivity index is 1.41. The van der Waals surface area contributed by atoms with Gasteiger partial charge in [0.2, 0.25) is 0 Å². The van der Waals surface area contributed by atoms with E-state index in [1.807, 2.05) is 4.90 Å². The van der Waals surface area contributed by atoms with Gasteiger partial charge in [-0.3, -0.25) is 4.90 Å². The van der Waals surface area contributed by atoms with Crippen molar-refractivity contribution in [3.8, 4) is 0 Å². The highest BCUT2D eigenvalue weighted by molar-refractivity contribution is 5.68. The number of carbonyl (C=O) groups excluding carboxylic acids is 1. The van der Waals surface area contributed by atoms with E-state index >= 15 is 0 Å². The molecule has 3 fully saturated rings. The highest BCUT2D eigenvalue weighted by Crippen LogP contribution is 2.42. The van der Waals surface area contributed by atoms with Crippen LogP contribution in [-0.4, -0.2) is 92.0 Å². The van der Waals surface area contributed by atoms with Gasteiger partial charge < -0.3 is 19.4 Å². The van der Waals surface area contributed by atoms with Gasteiger partial charge >= 0.3 is 18.4 Å². The van der Waals surface area contributed by atoms with Crippen LogP contribution in [0.5, 0.6) is 0 Å². The number of halogens is 6. The zero-order valence-corrected chi connectivity index (χ0v) is 21.9. The van der Waals surface area contributed by atoms with Crippen LogP contribution in [0.3, 0.4) is 0 Å². The van der Waals surface area contributed by atoms with Crippen LogP contribution in [0, 0.1) is 5.41 Å². The number of likely N-dealkylation sites (tertiary alicyclic amines) is 1. The number of benzene rings is 1. The second-order valence-corrected chi connectivity index (χ2v) is 10.8. The molecule has 0 saturated carbocycles. The number of anilines is 1. The molecule has 0 aliphatic carbocycles. The van der Waals surface area contributed by atoms with Crippen molar-refractivity contribution in [3.05, 3.63) is 29.3 Å². The Morgan fingerprint density at radius 2 is 1.58 bits per heavy atom. The third-order valence-corrected chi connectivity index (χ3v) is 8.30. The molecule has 1 aromatic carbocycles. The van der Waals surface area contributed by atoms with E-state index < -0.39 is 30.1 Å². The molecule has 4 rings (SSSR count). The summed E-state index contributed by atoms with van der Waals surface area (Å²) in [4.78, 5) is 19.9. The third-order valence-electron chi connectivity index (χ3n) is 8.30. The lowest BCUT2D eigenvalue weighted by Gasteiger charge is -2.42. The van der Waals surface area contributed by atoms with Gasteiger partial charge in [0.1, 0.15) is 0 Å². The number of piperazine rings is 1. The molecule has 0 aromatic heterocycles. The van der Waals surface area contributed by atoms with Crippen molar-refractivity contribution in [1.82, 2.24) is 14.7 Å². The molecular weight excluding hydrogens is 514 g/mol. The number of piperidine rings is 1. The summed E-state index contributed by atoms with van der Waals surface area (Å²) >= 11 is 0. The number of nitrogens with zero attached hydrogens (tertiary/aromatic N) is 4. The Hall–Kier alpha value is -2.21. The smallest absolute Gasteiger partial charge is 0.425 e. The Bertz CT molecular complexity index is 969. The summed E-state index contributed by atoms with van der Waals surface area (Å²) in [7, 11) is 0. The van der Waals surface area contributed by atoms with Crippen molar-refractivity contribution < 1.29 is 35.9 Å². The summed E-state index contributed by atoms with van der Waals surface area (Å²) in [5, 5.41) is 0. The van der Waals surface area contributed by atoms with Gasteiger partial charge in [-0.25, -0.2) is 4.79 Å². The monoisotopic (exact) mass is 550 g/mol. The number of amides is 1. The summed E-state index contributed by atoms with van der Waals surface area (Å²) in [6.07, 6.45) is -9.28. The molecule has 3 saturated heterocycles. The second kappa shape index (κ2) is 11.1. The van der Waals surface area contributed by atoms with Gasteiger partial charge in [-0.1, -0.05) is 13.0 Å². The van der Waals surface area contributed by atoms with E-state index in [1.165, 1.54) is 17.0 Å². The fourth-order valence-electron chi connectivity index (χ4n) is 5.72. The maximum absolute atomic E-state index is 13.6. The van der Waals surface area contributed by atoms with Gasteiger partial charge in [0.15, 0.2) is 6.10 Å². The zero-order chi connectivity index (χ0) is 27.7. The Labute approximate surface area is 219 Å². The third kappa shape index (κ3) is 6.67. The number of ether oxygens (including phenoxy) is 1. The summed E-state index contributed by atoms with van der Waals surface area (Å²) in [5.41, 5.74) is 0.919. The maximum atomic E-state index is 13.6. The van der Waals surface area contributed by atoms with Crippen molar-refractivity contribution in [2.75, 3.05) is 63.8 Å². The minimum Gasteiger partial charge on any atom is -0.437 e. The lowest BCUT2D eigenvalue weighted by atomic mass is 9.77. The van der Waals surface area contributed by atoms with E-state index in [0.29, 0.717) is 38.4 Å². The molecule has 1 unspecified atom stereocenters. The van der Waals surface area contributed by atoms with E-state index in [9.17, 15) is 31.1 Å². The average molecular weight is 551 g/mol. The van der Waals surface area contributed by atoms with E-state index in [0.717, 1.165) is 57.5 Å². The topological polar surface area (TPSA) is 39.3 Å². The first kappa shape index (κ1) is 28.8. The number of alkyl halides is 6.